The third-order valence-corrected chi connectivity index (χ3v) is 17.7. The number of carbonyl (C=O) groups is 5. The number of hydrogen-bond acceptors (Lipinski definition) is 20. The number of rotatable bonds is 59. The molecule has 0 aromatic heterocycles. The molecule has 0 bridgehead atoms. The molecule has 1 saturated heterocycles. The number of carbonyl (C=O) groups excluding carboxylic acids is 5. The molecule has 0 saturated carbocycles. The summed E-state index contributed by atoms with van der Waals surface area (Å²) in [5, 5.41) is 44.0. The molecule has 500 valence electrons. The standard InChI is InChI=1S/C65H124N4O14S2/c1-7-9-44-79-61(74)29-17-13-11-15-25-57(70)51-68(52-58(71)26-16-12-14-18-30-62(75)80-45-10-8-2)36-23-33-65(78)83-48-42-66-38-40-67(41-39-66)43-50-85-84-49-24-37-69(53-59(72)27-19-21-31-63(76)81-46-34-55(3)4)54-60(73)28-20-22-32-64(77)82-47-35-56(5)6/h55-60,70-73H,7-54H2,1-6H3. The third kappa shape index (κ3) is 52.2. The van der Waals surface area contributed by atoms with Crippen LogP contribution in [-0.4, -0.2) is 217 Å². The maximum Gasteiger partial charge on any atom is 0.305 e. The first-order valence-electron chi connectivity index (χ1n) is 33.6. The molecule has 0 radical (unpaired) electrons. The molecule has 1 aliphatic rings. The van der Waals surface area contributed by atoms with E-state index in [1.165, 1.54) is 0 Å². The van der Waals surface area contributed by atoms with E-state index in [9.17, 15) is 44.4 Å². The molecule has 4 N–H and O–H groups in total. The van der Waals surface area contributed by atoms with E-state index >= 15 is 0 Å². The molecule has 18 nitrogen and oxygen atoms in total. The largest absolute Gasteiger partial charge is 0.466 e. The van der Waals surface area contributed by atoms with Crippen molar-refractivity contribution in [1.29, 1.82) is 0 Å². The van der Waals surface area contributed by atoms with Crippen molar-refractivity contribution >= 4 is 51.4 Å². The molecule has 1 fully saturated rings. The Morgan fingerprint density at radius 1 is 0.376 bits per heavy atom. The molecule has 4 atom stereocenters. The number of aliphatic hydroxyl groups excluding tert-OH is 4. The highest BCUT2D eigenvalue weighted by molar-refractivity contribution is 8.76. The van der Waals surface area contributed by atoms with Gasteiger partial charge in [-0.25, -0.2) is 0 Å². The van der Waals surface area contributed by atoms with Gasteiger partial charge in [-0.2, -0.15) is 0 Å². The van der Waals surface area contributed by atoms with Gasteiger partial charge >= 0.3 is 29.8 Å². The molecule has 20 heteroatoms. The lowest BCUT2D eigenvalue weighted by molar-refractivity contribution is -0.145. The smallest absolute Gasteiger partial charge is 0.305 e. The Hall–Kier alpha value is -2.27. The van der Waals surface area contributed by atoms with Gasteiger partial charge in [-0.3, -0.25) is 43.6 Å². The second-order valence-electron chi connectivity index (χ2n) is 24.5. The van der Waals surface area contributed by atoms with Gasteiger partial charge in [-0.05, 0) is 115 Å². The molecule has 1 heterocycles. The summed E-state index contributed by atoms with van der Waals surface area (Å²) in [5.74, 6) is 2.04. The van der Waals surface area contributed by atoms with Crippen LogP contribution in [0, 0.1) is 11.8 Å². The number of piperazine rings is 1. The van der Waals surface area contributed by atoms with Gasteiger partial charge in [0.05, 0.1) is 50.8 Å². The average molecular weight is 1250 g/mol. The van der Waals surface area contributed by atoms with Crippen molar-refractivity contribution in [2.75, 3.05) is 123 Å². The summed E-state index contributed by atoms with van der Waals surface area (Å²) in [6.07, 6.45) is 18.6. The molecular formula is C65H124N4O14S2. The van der Waals surface area contributed by atoms with E-state index in [4.69, 9.17) is 23.7 Å². The van der Waals surface area contributed by atoms with Gasteiger partial charge in [-0.1, -0.05) is 127 Å². The van der Waals surface area contributed by atoms with E-state index in [0.717, 1.165) is 160 Å². The molecular weight excluding hydrogens is 1120 g/mol. The quantitative estimate of drug-likeness (QED) is 0.0192. The number of unbranched alkanes of at least 4 members (excludes halogenated alkanes) is 10. The van der Waals surface area contributed by atoms with Crippen LogP contribution in [0.25, 0.3) is 0 Å². The zero-order valence-corrected chi connectivity index (χ0v) is 56.0. The lowest BCUT2D eigenvalue weighted by atomic mass is 10.1. The summed E-state index contributed by atoms with van der Waals surface area (Å²) < 4.78 is 26.9. The Morgan fingerprint density at radius 3 is 1.09 bits per heavy atom. The first-order chi connectivity index (χ1) is 41.0. The Bertz CT molecular complexity index is 1550. The van der Waals surface area contributed by atoms with Crippen LogP contribution in [0.15, 0.2) is 0 Å². The molecule has 0 aliphatic carbocycles. The predicted molar refractivity (Wildman–Crippen MR) is 344 cm³/mol. The van der Waals surface area contributed by atoms with Crippen LogP contribution in [0.1, 0.15) is 228 Å². The second-order valence-corrected chi connectivity index (χ2v) is 27.2. The highest BCUT2D eigenvalue weighted by Crippen LogP contribution is 2.23. The maximum atomic E-state index is 12.9. The number of aliphatic hydroxyl groups is 4. The average Bonchev–Trinajstić information content (AvgIpc) is 3.52. The van der Waals surface area contributed by atoms with Gasteiger partial charge < -0.3 is 44.1 Å². The highest BCUT2D eigenvalue weighted by Gasteiger charge is 2.21. The van der Waals surface area contributed by atoms with Crippen molar-refractivity contribution in [3.8, 4) is 0 Å². The molecule has 4 unspecified atom stereocenters. The van der Waals surface area contributed by atoms with Crippen molar-refractivity contribution < 1.29 is 68.1 Å². The van der Waals surface area contributed by atoms with Gasteiger partial charge in [0.1, 0.15) is 6.61 Å². The predicted octanol–water partition coefficient (Wildman–Crippen LogP) is 10.4. The molecule has 0 aromatic rings. The van der Waals surface area contributed by atoms with Crippen LogP contribution < -0.4 is 0 Å². The summed E-state index contributed by atoms with van der Waals surface area (Å²) in [6.45, 7) is 23.2. The first-order valence-corrected chi connectivity index (χ1v) is 36.1. The lowest BCUT2D eigenvalue weighted by Crippen LogP contribution is -2.47. The fourth-order valence-electron chi connectivity index (χ4n) is 9.82. The molecule has 1 rings (SSSR count). The van der Waals surface area contributed by atoms with Crippen molar-refractivity contribution in [2.45, 2.75) is 252 Å². The third-order valence-electron chi connectivity index (χ3n) is 15.3. The Kier molecular flexibility index (Phi) is 53.0. The molecule has 0 aromatic carbocycles. The Balaban J connectivity index is 2.47. The van der Waals surface area contributed by atoms with Crippen LogP contribution in [-0.2, 0) is 47.7 Å². The van der Waals surface area contributed by atoms with Crippen LogP contribution in [0.4, 0.5) is 0 Å². The van der Waals surface area contributed by atoms with Gasteiger partial charge in [0.2, 0.25) is 0 Å². The van der Waals surface area contributed by atoms with Crippen LogP contribution in [0.5, 0.6) is 0 Å². The van der Waals surface area contributed by atoms with Gasteiger partial charge in [0, 0.05) is 109 Å². The maximum absolute atomic E-state index is 12.9. The van der Waals surface area contributed by atoms with Crippen molar-refractivity contribution in [3.05, 3.63) is 0 Å². The van der Waals surface area contributed by atoms with Gasteiger partial charge in [-0.15, -0.1) is 0 Å². The fraction of sp³-hybridized carbons (Fsp3) is 0.923. The van der Waals surface area contributed by atoms with Gasteiger partial charge in [0.25, 0.3) is 0 Å². The van der Waals surface area contributed by atoms with E-state index in [-0.39, 0.29) is 36.3 Å². The van der Waals surface area contributed by atoms with Crippen LogP contribution in [0.3, 0.4) is 0 Å². The monoisotopic (exact) mass is 1250 g/mol. The van der Waals surface area contributed by atoms with Crippen molar-refractivity contribution in [2.24, 2.45) is 11.8 Å². The van der Waals surface area contributed by atoms with E-state index < -0.39 is 24.4 Å². The number of ether oxygens (including phenoxy) is 5. The highest BCUT2D eigenvalue weighted by atomic mass is 33.1. The van der Waals surface area contributed by atoms with E-state index in [1.54, 1.807) is 0 Å². The molecule has 1 aliphatic heterocycles. The number of esters is 5. The molecule has 0 spiro atoms. The van der Waals surface area contributed by atoms with E-state index in [1.807, 2.05) is 21.6 Å². The SMILES string of the molecule is CCCCOC(=O)CCCCCCC(O)CN(CCCC(=O)OCCN1CCN(CCSSCCCN(CC(O)CCCCC(=O)OCCC(C)C)CC(O)CCCCC(=O)OCCC(C)C)CC1)CC(O)CCCCCCC(=O)OCCCC. The number of nitrogens with zero attached hydrogens (tertiary/aromatic N) is 4. The minimum Gasteiger partial charge on any atom is -0.466 e. The lowest BCUT2D eigenvalue weighted by Gasteiger charge is -2.34. The fourth-order valence-corrected chi connectivity index (χ4v) is 11.9. The number of hydrogen-bond donors (Lipinski definition) is 4. The van der Waals surface area contributed by atoms with Crippen molar-refractivity contribution in [1.82, 2.24) is 19.6 Å². The molecule has 85 heavy (non-hydrogen) atoms. The summed E-state index contributed by atoms with van der Waals surface area (Å²) in [7, 11) is 3.74. The van der Waals surface area contributed by atoms with Crippen LogP contribution >= 0.6 is 21.6 Å². The zero-order valence-electron chi connectivity index (χ0n) is 54.4. The zero-order chi connectivity index (χ0) is 62.6. The van der Waals surface area contributed by atoms with Crippen molar-refractivity contribution in [3.63, 3.8) is 0 Å². The Morgan fingerprint density at radius 2 is 0.694 bits per heavy atom. The minimum atomic E-state index is -0.567. The van der Waals surface area contributed by atoms with E-state index in [0.29, 0.717) is 155 Å². The normalized spacial score (nSPS) is 14.7. The first kappa shape index (κ1) is 80.7. The summed E-state index contributed by atoms with van der Waals surface area (Å²) in [5.41, 5.74) is 0. The summed E-state index contributed by atoms with van der Waals surface area (Å²) >= 11 is 0. The topological polar surface area (TPSA) is 225 Å². The van der Waals surface area contributed by atoms with Gasteiger partial charge in [0.15, 0.2) is 0 Å². The summed E-state index contributed by atoms with van der Waals surface area (Å²) in [6, 6.07) is 0. The summed E-state index contributed by atoms with van der Waals surface area (Å²) in [4.78, 5) is 70.0. The minimum absolute atomic E-state index is 0.141. The molecule has 0 amide bonds. The Labute approximate surface area is 523 Å². The second kappa shape index (κ2) is 55.8. The van der Waals surface area contributed by atoms with E-state index in [2.05, 4.69) is 61.1 Å². The van der Waals surface area contributed by atoms with Crippen LogP contribution in [0.2, 0.25) is 0 Å².